The number of methoxy groups -OCH3 is 1. The Morgan fingerprint density at radius 2 is 1.62 bits per heavy atom. The van der Waals surface area contributed by atoms with Crippen LogP contribution in [0.4, 0.5) is 11.4 Å². The van der Waals surface area contributed by atoms with Crippen molar-refractivity contribution < 1.29 is 17.9 Å². The van der Waals surface area contributed by atoms with Gasteiger partial charge in [-0.25, -0.2) is 8.42 Å². The molecule has 0 aliphatic heterocycles. The molecule has 8 heteroatoms. The minimum atomic E-state index is -4.14. The monoisotopic (exact) mass is 541 g/mol. The average Bonchev–Trinajstić information content (AvgIpc) is 3.24. The highest BCUT2D eigenvalue weighted by molar-refractivity contribution is 7.93. The van der Waals surface area contributed by atoms with Crippen LogP contribution in [0.2, 0.25) is 0 Å². The summed E-state index contributed by atoms with van der Waals surface area (Å²) in [5.74, 6) is -0.235. The summed E-state index contributed by atoms with van der Waals surface area (Å²) >= 11 is 0. The number of ether oxygens (including phenoxy) is 1. The minimum Gasteiger partial charge on any atom is -0.495 e. The second-order valence-electron chi connectivity index (χ2n) is 9.55. The Morgan fingerprint density at radius 1 is 0.872 bits per heavy atom. The number of fused-ring (bicyclic) bond motifs is 3. The molecule has 0 saturated carbocycles. The lowest BCUT2D eigenvalue weighted by Gasteiger charge is -2.25. The van der Waals surface area contributed by atoms with Crippen LogP contribution in [0.1, 0.15) is 18.1 Å². The Morgan fingerprint density at radius 3 is 2.36 bits per heavy atom. The van der Waals surface area contributed by atoms with Crippen molar-refractivity contribution in [3.8, 4) is 5.75 Å². The van der Waals surface area contributed by atoms with E-state index >= 15 is 0 Å². The molecule has 1 aromatic heterocycles. The van der Waals surface area contributed by atoms with Gasteiger partial charge in [0.2, 0.25) is 5.91 Å². The van der Waals surface area contributed by atoms with E-state index in [0.717, 1.165) is 43.8 Å². The molecular weight excluding hydrogens is 510 g/mol. The Labute approximate surface area is 228 Å². The Balaban J connectivity index is 1.51. The molecule has 5 aromatic rings. The van der Waals surface area contributed by atoms with Gasteiger partial charge in [-0.1, -0.05) is 36.4 Å². The van der Waals surface area contributed by atoms with Crippen LogP contribution in [0.25, 0.3) is 21.8 Å². The number of amides is 1. The first-order valence-electron chi connectivity index (χ1n) is 12.8. The number of para-hydroxylation sites is 1. The van der Waals surface area contributed by atoms with Gasteiger partial charge in [-0.05, 0) is 80.4 Å². The molecular formula is C31H31N3O4S. The van der Waals surface area contributed by atoms with Crippen LogP contribution in [0, 0.1) is 13.8 Å². The van der Waals surface area contributed by atoms with Crippen LogP contribution in [0.5, 0.6) is 5.75 Å². The SMILES string of the molecule is CCn1c2ccccc2c2cc(NC(=O)CN(c3cccc(C)c3)S(=O)(=O)c3cc(C)ccc3OC)ccc21. The summed E-state index contributed by atoms with van der Waals surface area (Å²) in [4.78, 5) is 13.4. The fourth-order valence-corrected chi connectivity index (χ4v) is 6.66. The van der Waals surface area contributed by atoms with Crippen LogP contribution in [-0.4, -0.2) is 32.5 Å². The standard InChI is InChI=1S/C31H31N3O4S/c1-5-33-27-12-7-6-11-25(27)26-19-23(14-15-28(26)33)32-31(35)20-34(24-10-8-9-21(2)17-24)39(36,37)30-18-22(3)13-16-29(30)38-4/h6-19H,5,20H2,1-4H3,(H,32,35). The first-order valence-corrected chi connectivity index (χ1v) is 14.2. The van der Waals surface area contributed by atoms with Gasteiger partial charge in [0.15, 0.2) is 0 Å². The van der Waals surface area contributed by atoms with Gasteiger partial charge in [-0.3, -0.25) is 9.10 Å². The number of rotatable bonds is 8. The van der Waals surface area contributed by atoms with Crippen molar-refractivity contribution in [2.24, 2.45) is 0 Å². The van der Waals surface area contributed by atoms with E-state index in [1.807, 2.05) is 50.2 Å². The molecule has 200 valence electrons. The Bertz CT molecular complexity index is 1810. The second kappa shape index (κ2) is 10.5. The van der Waals surface area contributed by atoms with Gasteiger partial charge in [0, 0.05) is 34.0 Å². The number of sulfonamides is 1. The van der Waals surface area contributed by atoms with Crippen molar-refractivity contribution in [1.82, 2.24) is 4.57 Å². The summed E-state index contributed by atoms with van der Waals surface area (Å²) in [7, 11) is -2.71. The molecule has 1 heterocycles. The normalized spacial score (nSPS) is 11.6. The molecule has 0 aliphatic carbocycles. The largest absolute Gasteiger partial charge is 0.495 e. The summed E-state index contributed by atoms with van der Waals surface area (Å²) in [5, 5.41) is 5.04. The lowest BCUT2D eigenvalue weighted by Crippen LogP contribution is -2.38. The fraction of sp³-hybridized carbons (Fsp3) is 0.194. The zero-order valence-corrected chi connectivity index (χ0v) is 23.2. The molecule has 0 bridgehead atoms. The number of nitrogens with one attached hydrogen (secondary N) is 1. The first-order chi connectivity index (χ1) is 18.7. The van der Waals surface area contributed by atoms with Crippen molar-refractivity contribution in [3.63, 3.8) is 0 Å². The average molecular weight is 542 g/mol. The number of carbonyl (C=O) groups excluding carboxylic acids is 1. The lowest BCUT2D eigenvalue weighted by atomic mass is 10.1. The van der Waals surface area contributed by atoms with Gasteiger partial charge in [-0.2, -0.15) is 0 Å². The molecule has 0 saturated heterocycles. The number of aromatic nitrogens is 1. The topological polar surface area (TPSA) is 80.6 Å². The number of aryl methyl sites for hydroxylation is 3. The molecule has 1 amide bonds. The fourth-order valence-electron chi connectivity index (χ4n) is 5.01. The van der Waals surface area contributed by atoms with Crippen LogP contribution in [-0.2, 0) is 21.4 Å². The van der Waals surface area contributed by atoms with E-state index in [0.29, 0.717) is 11.4 Å². The van der Waals surface area contributed by atoms with Crippen molar-refractivity contribution in [2.75, 3.05) is 23.3 Å². The molecule has 0 spiro atoms. The maximum Gasteiger partial charge on any atom is 0.268 e. The highest BCUT2D eigenvalue weighted by atomic mass is 32.2. The van der Waals surface area contributed by atoms with Gasteiger partial charge in [0.1, 0.15) is 17.2 Å². The van der Waals surface area contributed by atoms with E-state index in [-0.39, 0.29) is 10.6 Å². The maximum absolute atomic E-state index is 14.0. The van der Waals surface area contributed by atoms with Crippen LogP contribution < -0.4 is 14.4 Å². The van der Waals surface area contributed by atoms with Crippen LogP contribution in [0.3, 0.4) is 0 Å². The Hall–Kier alpha value is -4.30. The molecule has 4 aromatic carbocycles. The molecule has 0 fully saturated rings. The summed E-state index contributed by atoms with van der Waals surface area (Å²) < 4.78 is 36.7. The smallest absolute Gasteiger partial charge is 0.268 e. The van der Waals surface area contributed by atoms with Crippen molar-refractivity contribution in [3.05, 3.63) is 96.1 Å². The van der Waals surface area contributed by atoms with Crippen molar-refractivity contribution in [1.29, 1.82) is 0 Å². The third-order valence-corrected chi connectivity index (χ3v) is 8.63. The van der Waals surface area contributed by atoms with Crippen molar-refractivity contribution >= 4 is 49.1 Å². The van der Waals surface area contributed by atoms with Crippen LogP contribution >= 0.6 is 0 Å². The molecule has 7 nitrogen and oxygen atoms in total. The minimum absolute atomic E-state index is 0.00750. The quantitative estimate of drug-likeness (QED) is 0.251. The number of hydrogen-bond acceptors (Lipinski definition) is 4. The Kier molecular flexibility index (Phi) is 7.06. The maximum atomic E-state index is 14.0. The van der Waals surface area contributed by atoms with Gasteiger partial charge >= 0.3 is 0 Å². The molecule has 39 heavy (non-hydrogen) atoms. The highest BCUT2D eigenvalue weighted by Crippen LogP contribution is 2.33. The lowest BCUT2D eigenvalue weighted by molar-refractivity contribution is -0.114. The van der Waals surface area contributed by atoms with E-state index < -0.39 is 22.5 Å². The predicted molar refractivity (Wildman–Crippen MR) is 157 cm³/mol. The third-order valence-electron chi connectivity index (χ3n) is 6.84. The summed E-state index contributed by atoms with van der Waals surface area (Å²) in [6.07, 6.45) is 0. The molecule has 0 atom stereocenters. The van der Waals surface area contributed by atoms with Crippen molar-refractivity contribution in [2.45, 2.75) is 32.2 Å². The summed E-state index contributed by atoms with van der Waals surface area (Å²) in [6, 6.07) is 26.0. The van der Waals surface area contributed by atoms with E-state index in [1.54, 1.807) is 36.4 Å². The highest BCUT2D eigenvalue weighted by Gasteiger charge is 2.30. The zero-order valence-electron chi connectivity index (χ0n) is 22.4. The van der Waals surface area contributed by atoms with Crippen LogP contribution in [0.15, 0.2) is 89.8 Å². The van der Waals surface area contributed by atoms with Gasteiger partial charge in [-0.15, -0.1) is 0 Å². The predicted octanol–water partition coefficient (Wildman–Crippen LogP) is 6.27. The zero-order chi connectivity index (χ0) is 27.7. The van der Waals surface area contributed by atoms with E-state index in [4.69, 9.17) is 4.74 Å². The van der Waals surface area contributed by atoms with E-state index in [1.165, 1.54) is 7.11 Å². The van der Waals surface area contributed by atoms with Gasteiger partial charge in [0.05, 0.1) is 12.8 Å². The van der Waals surface area contributed by atoms with Gasteiger partial charge in [0.25, 0.3) is 10.0 Å². The number of benzene rings is 4. The van der Waals surface area contributed by atoms with Gasteiger partial charge < -0.3 is 14.6 Å². The molecule has 1 N–H and O–H groups in total. The molecule has 0 unspecified atom stereocenters. The second-order valence-corrected chi connectivity index (χ2v) is 11.4. The third kappa shape index (κ3) is 4.95. The number of nitrogens with zero attached hydrogens (tertiary/aromatic N) is 2. The first kappa shape index (κ1) is 26.3. The summed E-state index contributed by atoms with van der Waals surface area (Å²) in [5.41, 5.74) is 4.84. The number of anilines is 2. The molecule has 5 rings (SSSR count). The summed E-state index contributed by atoms with van der Waals surface area (Å²) in [6.45, 7) is 6.21. The molecule has 0 radical (unpaired) electrons. The number of hydrogen-bond donors (Lipinski definition) is 1. The van der Waals surface area contributed by atoms with E-state index in [9.17, 15) is 13.2 Å². The number of carbonyl (C=O) groups is 1. The van der Waals surface area contributed by atoms with E-state index in [2.05, 4.69) is 28.9 Å². The molecule has 0 aliphatic rings.